The summed E-state index contributed by atoms with van der Waals surface area (Å²) in [5.74, 6) is 12.2. The number of aliphatic imine (C=N–C) groups is 1. The van der Waals surface area contributed by atoms with Gasteiger partial charge in [-0.1, -0.05) is 49.9 Å². The molecule has 0 saturated heterocycles. The molecule has 158 valence electrons. The summed E-state index contributed by atoms with van der Waals surface area (Å²) in [4.78, 5) is 3.40. The minimum Gasteiger partial charge on any atom is -0.204 e. The molecule has 0 heterocycles. The van der Waals surface area contributed by atoms with E-state index < -0.39 is 17.3 Å². The molecule has 0 bridgehead atoms. The van der Waals surface area contributed by atoms with Crippen molar-refractivity contribution in [2.45, 2.75) is 51.9 Å². The maximum atomic E-state index is 13.9. The van der Waals surface area contributed by atoms with Crippen LogP contribution in [0, 0.1) is 47.2 Å². The predicted octanol–water partition coefficient (Wildman–Crippen LogP) is 7.45. The van der Waals surface area contributed by atoms with Crippen molar-refractivity contribution < 1.29 is 8.78 Å². The summed E-state index contributed by atoms with van der Waals surface area (Å²) in [7, 11) is 0. The van der Waals surface area contributed by atoms with Gasteiger partial charge < -0.3 is 0 Å². The fourth-order valence-corrected chi connectivity index (χ4v) is 3.94. The quantitative estimate of drug-likeness (QED) is 0.277. The lowest BCUT2D eigenvalue weighted by Crippen LogP contribution is -2.13. The topological polar surface area (TPSA) is 12.4 Å². The molecule has 1 nitrogen and oxygen atoms in total. The van der Waals surface area contributed by atoms with Gasteiger partial charge in [0.1, 0.15) is 5.69 Å². The van der Waals surface area contributed by atoms with Crippen molar-refractivity contribution in [3.63, 3.8) is 0 Å². The molecule has 0 spiro atoms. The fourth-order valence-electron chi connectivity index (χ4n) is 3.85. The Hall–Kier alpha value is -2.78. The first-order valence-electron chi connectivity index (χ1n) is 10.8. The van der Waals surface area contributed by atoms with E-state index >= 15 is 0 Å². The molecule has 0 aromatic heterocycles. The Labute approximate surface area is 189 Å². The number of hydrogen-bond acceptors (Lipinski definition) is 2. The second-order valence-corrected chi connectivity index (χ2v) is 8.13. The average molecular weight is 434 g/mol. The van der Waals surface area contributed by atoms with Gasteiger partial charge in [-0.25, -0.2) is 8.78 Å². The lowest BCUT2D eigenvalue weighted by molar-refractivity contribution is 0.296. The van der Waals surface area contributed by atoms with E-state index in [1.165, 1.54) is 44.9 Å². The first-order chi connectivity index (χ1) is 15.1. The van der Waals surface area contributed by atoms with E-state index in [4.69, 9.17) is 0 Å². The van der Waals surface area contributed by atoms with Crippen molar-refractivity contribution in [2.75, 3.05) is 0 Å². The third-order valence-electron chi connectivity index (χ3n) is 5.64. The van der Waals surface area contributed by atoms with Crippen LogP contribution < -0.4 is 0 Å². The lowest BCUT2D eigenvalue weighted by Gasteiger charge is -2.25. The summed E-state index contributed by atoms with van der Waals surface area (Å²) in [6.07, 6.45) is 8.99. The molecular weight excluding hydrogens is 408 g/mol. The molecule has 1 aliphatic rings. The van der Waals surface area contributed by atoms with Gasteiger partial charge in [-0.05, 0) is 80.2 Å². The van der Waals surface area contributed by atoms with Gasteiger partial charge in [0.05, 0.1) is 5.16 Å². The van der Waals surface area contributed by atoms with Crippen LogP contribution in [0.2, 0.25) is 0 Å². The highest BCUT2D eigenvalue weighted by molar-refractivity contribution is 7.78. The molecule has 1 fully saturated rings. The second kappa shape index (κ2) is 11.6. The minimum atomic E-state index is -0.813. The summed E-state index contributed by atoms with van der Waals surface area (Å²) in [6.45, 7) is 2.25. The third-order valence-corrected chi connectivity index (χ3v) is 5.74. The lowest BCUT2D eigenvalue weighted by atomic mass is 9.80. The maximum absolute atomic E-state index is 13.9. The van der Waals surface area contributed by atoms with Crippen LogP contribution in [0.25, 0.3) is 0 Å². The number of halogens is 2. The predicted molar refractivity (Wildman–Crippen MR) is 125 cm³/mol. The number of unbranched alkanes of at least 4 members (excludes halogenated alkanes) is 1. The molecule has 4 heteroatoms. The molecule has 0 atom stereocenters. The number of isothiocyanates is 1. The minimum absolute atomic E-state index is 0.233. The Morgan fingerprint density at radius 1 is 0.903 bits per heavy atom. The SMILES string of the molecule is CCCCC1CCC(C#Cc2ccc(C#Cc3cc(F)c(N=C=S)c(F)c3)cc2)CC1. The van der Waals surface area contributed by atoms with E-state index in [0.717, 1.165) is 29.2 Å². The van der Waals surface area contributed by atoms with Gasteiger partial charge in [-0.2, -0.15) is 4.99 Å². The molecule has 0 amide bonds. The molecule has 2 aromatic rings. The summed E-state index contributed by atoms with van der Waals surface area (Å²) in [5, 5.41) is 1.97. The Bertz CT molecular complexity index is 1050. The van der Waals surface area contributed by atoms with Crippen molar-refractivity contribution in [1.82, 2.24) is 0 Å². The zero-order chi connectivity index (χ0) is 22.1. The van der Waals surface area contributed by atoms with Crippen LogP contribution in [0.5, 0.6) is 0 Å². The number of thiocarbonyl (C=S) groups is 1. The molecule has 31 heavy (non-hydrogen) atoms. The summed E-state index contributed by atoms with van der Waals surface area (Å²) < 4.78 is 27.8. The maximum Gasteiger partial charge on any atom is 0.153 e. The number of benzene rings is 2. The van der Waals surface area contributed by atoms with Crippen LogP contribution in [0.3, 0.4) is 0 Å². The Kier molecular flexibility index (Phi) is 8.54. The Morgan fingerprint density at radius 2 is 1.48 bits per heavy atom. The highest BCUT2D eigenvalue weighted by atomic mass is 32.1. The zero-order valence-corrected chi connectivity index (χ0v) is 18.5. The molecule has 1 aliphatic carbocycles. The van der Waals surface area contributed by atoms with Gasteiger partial charge in [0.25, 0.3) is 0 Å². The second-order valence-electron chi connectivity index (χ2n) is 7.95. The van der Waals surface area contributed by atoms with Crippen LogP contribution in [-0.2, 0) is 0 Å². The van der Waals surface area contributed by atoms with Gasteiger partial charge in [-0.3, -0.25) is 0 Å². The van der Waals surface area contributed by atoms with Crippen LogP contribution in [0.4, 0.5) is 14.5 Å². The zero-order valence-electron chi connectivity index (χ0n) is 17.7. The van der Waals surface area contributed by atoms with Crippen LogP contribution in [0.15, 0.2) is 41.4 Å². The monoisotopic (exact) mass is 433 g/mol. The van der Waals surface area contributed by atoms with E-state index in [9.17, 15) is 8.78 Å². The highest BCUT2D eigenvalue weighted by Gasteiger charge is 2.19. The van der Waals surface area contributed by atoms with Gasteiger partial charge in [0, 0.05) is 22.6 Å². The van der Waals surface area contributed by atoms with E-state index in [2.05, 4.69) is 47.8 Å². The van der Waals surface area contributed by atoms with E-state index in [1.54, 1.807) is 0 Å². The molecule has 0 unspecified atom stereocenters. The molecule has 0 N–H and O–H groups in total. The third kappa shape index (κ3) is 6.86. The molecule has 1 saturated carbocycles. The van der Waals surface area contributed by atoms with Gasteiger partial charge in [0.2, 0.25) is 0 Å². The van der Waals surface area contributed by atoms with Gasteiger partial charge >= 0.3 is 0 Å². The molecule has 2 aromatic carbocycles. The first kappa shape index (κ1) is 22.9. The molecular formula is C27H25F2NS. The van der Waals surface area contributed by atoms with Crippen molar-refractivity contribution in [3.8, 4) is 23.7 Å². The largest absolute Gasteiger partial charge is 0.204 e. The smallest absolute Gasteiger partial charge is 0.153 e. The summed E-state index contributed by atoms with van der Waals surface area (Å²) in [6, 6.07) is 9.88. The normalized spacial score (nSPS) is 17.5. The fraction of sp³-hybridized carbons (Fsp3) is 0.370. The number of hydrogen-bond donors (Lipinski definition) is 0. The standard InChI is InChI=1S/C27H25F2NS/c1-2-3-4-20-5-7-21(8-6-20)9-10-22-11-13-23(14-12-22)15-16-24-17-25(28)27(30-19-31)26(29)18-24/h11-14,17-18,20-21H,2-8H2,1H3. The molecule has 0 aliphatic heterocycles. The van der Waals surface area contributed by atoms with Gasteiger partial charge in [-0.15, -0.1) is 0 Å². The van der Waals surface area contributed by atoms with Crippen LogP contribution >= 0.6 is 12.2 Å². The highest BCUT2D eigenvalue weighted by Crippen LogP contribution is 2.31. The van der Waals surface area contributed by atoms with E-state index in [0.29, 0.717) is 5.92 Å². The van der Waals surface area contributed by atoms with Crippen molar-refractivity contribution >= 4 is 23.1 Å². The average Bonchev–Trinajstić information content (AvgIpc) is 2.78. The van der Waals surface area contributed by atoms with E-state index in [-0.39, 0.29) is 5.56 Å². The van der Waals surface area contributed by atoms with Crippen molar-refractivity contribution in [2.24, 2.45) is 16.8 Å². The summed E-state index contributed by atoms with van der Waals surface area (Å²) in [5.41, 5.74) is 1.50. The Balaban J connectivity index is 1.60. The Morgan fingerprint density at radius 3 is 2.06 bits per heavy atom. The van der Waals surface area contributed by atoms with Gasteiger partial charge in [0.15, 0.2) is 11.6 Å². The molecule has 0 radical (unpaired) electrons. The number of rotatable bonds is 4. The van der Waals surface area contributed by atoms with Crippen LogP contribution in [0.1, 0.15) is 68.6 Å². The van der Waals surface area contributed by atoms with Crippen molar-refractivity contribution in [3.05, 3.63) is 64.7 Å². The van der Waals surface area contributed by atoms with Crippen LogP contribution in [-0.4, -0.2) is 5.16 Å². The molecule has 3 rings (SSSR count). The first-order valence-corrected chi connectivity index (χ1v) is 11.2. The summed E-state index contributed by atoms with van der Waals surface area (Å²) >= 11 is 4.40. The van der Waals surface area contributed by atoms with E-state index in [1.807, 2.05) is 29.4 Å². The number of nitrogens with zero attached hydrogens (tertiary/aromatic N) is 1. The van der Waals surface area contributed by atoms with Crippen molar-refractivity contribution in [1.29, 1.82) is 0 Å².